The van der Waals surface area contributed by atoms with Crippen molar-refractivity contribution in [1.82, 2.24) is 20.1 Å². The minimum atomic E-state index is -0.258. The molecule has 0 saturated heterocycles. The summed E-state index contributed by atoms with van der Waals surface area (Å²) < 4.78 is 1.88. The van der Waals surface area contributed by atoms with Crippen molar-refractivity contribution in [3.63, 3.8) is 0 Å². The predicted octanol–water partition coefficient (Wildman–Crippen LogP) is 5.60. The van der Waals surface area contributed by atoms with Crippen molar-refractivity contribution in [3.05, 3.63) is 82.1 Å². The summed E-state index contributed by atoms with van der Waals surface area (Å²) >= 11 is 13.2. The number of carbonyl (C=O) groups excluding carboxylic acids is 2. The van der Waals surface area contributed by atoms with Crippen LogP contribution in [-0.4, -0.2) is 38.9 Å². The number of hydrogen-bond acceptors (Lipinski definition) is 5. The Morgan fingerprint density at radius 2 is 1.86 bits per heavy atom. The highest BCUT2D eigenvalue weighted by atomic mass is 35.5. The van der Waals surface area contributed by atoms with E-state index in [-0.39, 0.29) is 17.6 Å². The molecule has 2 N–H and O–H groups in total. The van der Waals surface area contributed by atoms with Gasteiger partial charge in [-0.2, -0.15) is 0 Å². The number of anilines is 1. The van der Waals surface area contributed by atoms with Crippen molar-refractivity contribution in [1.29, 1.82) is 0 Å². The Balaban J connectivity index is 1.54. The topological polar surface area (TPSA) is 88.9 Å². The number of aromatic nitrogens is 3. The van der Waals surface area contributed by atoms with Crippen LogP contribution in [0.3, 0.4) is 0 Å². The third kappa shape index (κ3) is 7.59. The second-order valence-corrected chi connectivity index (χ2v) is 9.80. The van der Waals surface area contributed by atoms with Crippen molar-refractivity contribution >= 4 is 52.5 Å². The largest absolute Gasteiger partial charge is 0.352 e. The van der Waals surface area contributed by atoms with Crippen LogP contribution in [0.25, 0.3) is 0 Å². The first-order chi connectivity index (χ1) is 16.8. The molecular weight excluding hydrogens is 505 g/mol. The summed E-state index contributed by atoms with van der Waals surface area (Å²) in [5.74, 6) is 0.924. The third-order valence-corrected chi connectivity index (χ3v) is 6.82. The van der Waals surface area contributed by atoms with Crippen molar-refractivity contribution in [2.24, 2.45) is 0 Å². The molecule has 0 aliphatic rings. The number of nitrogens with one attached hydrogen (secondary N) is 2. The van der Waals surface area contributed by atoms with E-state index in [0.29, 0.717) is 52.0 Å². The first-order valence-corrected chi connectivity index (χ1v) is 12.8. The molecule has 2 amide bonds. The molecule has 3 aromatic rings. The molecule has 0 fully saturated rings. The van der Waals surface area contributed by atoms with E-state index in [1.807, 2.05) is 28.8 Å². The van der Waals surface area contributed by atoms with Gasteiger partial charge in [-0.05, 0) is 41.8 Å². The van der Waals surface area contributed by atoms with E-state index in [2.05, 4.69) is 41.3 Å². The van der Waals surface area contributed by atoms with Gasteiger partial charge in [0.2, 0.25) is 5.91 Å². The minimum Gasteiger partial charge on any atom is -0.352 e. The molecule has 7 nitrogen and oxygen atoms in total. The highest BCUT2D eigenvalue weighted by Gasteiger charge is 2.15. The van der Waals surface area contributed by atoms with Crippen molar-refractivity contribution < 1.29 is 9.59 Å². The fourth-order valence-electron chi connectivity index (χ4n) is 3.23. The zero-order chi connectivity index (χ0) is 25.4. The van der Waals surface area contributed by atoms with Crippen molar-refractivity contribution in [2.45, 2.75) is 37.9 Å². The molecule has 0 unspecified atom stereocenters. The van der Waals surface area contributed by atoms with Crippen LogP contribution in [0.4, 0.5) is 5.69 Å². The Morgan fingerprint density at radius 3 is 2.51 bits per heavy atom. The molecular formula is C25H27Cl2N5O2S. The monoisotopic (exact) mass is 531 g/mol. The van der Waals surface area contributed by atoms with Gasteiger partial charge in [0.1, 0.15) is 5.82 Å². The zero-order valence-electron chi connectivity index (χ0n) is 19.6. The smallest absolute Gasteiger partial charge is 0.251 e. The fraction of sp³-hybridized carbons (Fsp3) is 0.280. The molecule has 2 aromatic carbocycles. The van der Waals surface area contributed by atoms with Gasteiger partial charge in [0.15, 0.2) is 5.16 Å². The average Bonchev–Trinajstić information content (AvgIpc) is 3.21. The molecule has 0 spiro atoms. The Bertz CT molecular complexity index is 1200. The molecule has 35 heavy (non-hydrogen) atoms. The maximum atomic E-state index is 12.4. The van der Waals surface area contributed by atoms with Crippen LogP contribution in [0, 0.1) is 0 Å². The van der Waals surface area contributed by atoms with Crippen LogP contribution in [0.5, 0.6) is 0 Å². The Hall–Kier alpha value is -2.81. The molecule has 10 heteroatoms. The summed E-state index contributed by atoms with van der Waals surface area (Å²) in [5, 5.41) is 15.5. The second-order valence-electron chi connectivity index (χ2n) is 8.05. The van der Waals surface area contributed by atoms with Crippen molar-refractivity contribution in [3.8, 4) is 0 Å². The number of thioether (sulfide) groups is 1. The second kappa shape index (κ2) is 12.8. The number of benzene rings is 2. The van der Waals surface area contributed by atoms with Gasteiger partial charge in [-0.1, -0.05) is 67.0 Å². The molecule has 0 bridgehead atoms. The van der Waals surface area contributed by atoms with E-state index >= 15 is 0 Å². The molecule has 0 aliphatic carbocycles. The SMILES string of the molecule is C=CCn1c(CCNC(=O)c2ccc(Cl)c(Cl)c2)nnc1SCC(=O)Nc1ccc(C(C)C)cc1. The first-order valence-electron chi connectivity index (χ1n) is 11.1. The molecule has 1 heterocycles. The Morgan fingerprint density at radius 1 is 1.11 bits per heavy atom. The van der Waals surface area contributed by atoms with E-state index in [1.54, 1.807) is 18.2 Å². The van der Waals surface area contributed by atoms with Gasteiger partial charge >= 0.3 is 0 Å². The van der Waals surface area contributed by atoms with E-state index in [4.69, 9.17) is 23.2 Å². The van der Waals surface area contributed by atoms with Crippen LogP contribution in [0.1, 0.15) is 41.5 Å². The number of allylic oxidation sites excluding steroid dienone is 1. The first kappa shape index (κ1) is 26.8. The number of nitrogens with zero attached hydrogens (tertiary/aromatic N) is 3. The van der Waals surface area contributed by atoms with Gasteiger partial charge in [0.05, 0.1) is 15.8 Å². The highest BCUT2D eigenvalue weighted by Crippen LogP contribution is 2.23. The fourth-order valence-corrected chi connectivity index (χ4v) is 4.29. The lowest BCUT2D eigenvalue weighted by Crippen LogP contribution is -2.26. The number of hydrogen-bond donors (Lipinski definition) is 2. The zero-order valence-corrected chi connectivity index (χ0v) is 21.9. The number of rotatable bonds is 11. The van der Waals surface area contributed by atoms with Crippen LogP contribution < -0.4 is 10.6 Å². The van der Waals surface area contributed by atoms with Crippen LogP contribution in [-0.2, 0) is 17.8 Å². The molecule has 3 rings (SSSR count). The molecule has 184 valence electrons. The van der Waals surface area contributed by atoms with E-state index < -0.39 is 0 Å². The van der Waals surface area contributed by atoms with Gasteiger partial charge in [0.25, 0.3) is 5.91 Å². The van der Waals surface area contributed by atoms with Gasteiger partial charge < -0.3 is 15.2 Å². The molecule has 1 aromatic heterocycles. The van der Waals surface area contributed by atoms with Gasteiger partial charge in [-0.25, -0.2) is 0 Å². The maximum absolute atomic E-state index is 12.4. The van der Waals surface area contributed by atoms with E-state index in [0.717, 1.165) is 5.69 Å². The van der Waals surface area contributed by atoms with Crippen LogP contribution in [0.15, 0.2) is 60.3 Å². The number of amides is 2. The summed E-state index contributed by atoms with van der Waals surface area (Å²) in [6.07, 6.45) is 2.20. The lowest BCUT2D eigenvalue weighted by molar-refractivity contribution is -0.113. The predicted molar refractivity (Wildman–Crippen MR) is 143 cm³/mol. The van der Waals surface area contributed by atoms with E-state index in [9.17, 15) is 9.59 Å². The average molecular weight is 532 g/mol. The standard InChI is InChI=1S/C25H27Cl2N5O2S/c1-4-13-32-22(11-12-28-24(34)18-7-10-20(26)21(27)14-18)30-31-25(32)35-15-23(33)29-19-8-5-17(6-9-19)16(2)3/h4-10,14,16H,1,11-13,15H2,2-3H3,(H,28,34)(H,29,33). The summed E-state index contributed by atoms with van der Waals surface area (Å²) in [5.41, 5.74) is 2.40. The van der Waals surface area contributed by atoms with Crippen LogP contribution in [0.2, 0.25) is 10.0 Å². The normalized spacial score (nSPS) is 10.9. The van der Waals surface area contributed by atoms with Crippen LogP contribution >= 0.6 is 35.0 Å². The Labute approximate surface area is 219 Å². The number of carbonyl (C=O) groups is 2. The lowest BCUT2D eigenvalue weighted by atomic mass is 10.0. The third-order valence-electron chi connectivity index (χ3n) is 5.11. The summed E-state index contributed by atoms with van der Waals surface area (Å²) in [7, 11) is 0. The Kier molecular flexibility index (Phi) is 9.77. The molecule has 0 aliphatic heterocycles. The highest BCUT2D eigenvalue weighted by molar-refractivity contribution is 7.99. The van der Waals surface area contributed by atoms with Gasteiger partial charge in [-0.3, -0.25) is 9.59 Å². The van der Waals surface area contributed by atoms with Crippen molar-refractivity contribution in [2.75, 3.05) is 17.6 Å². The van der Waals surface area contributed by atoms with E-state index in [1.165, 1.54) is 23.4 Å². The maximum Gasteiger partial charge on any atom is 0.251 e. The lowest BCUT2D eigenvalue weighted by Gasteiger charge is -2.10. The quantitative estimate of drug-likeness (QED) is 0.248. The minimum absolute atomic E-state index is 0.129. The van der Waals surface area contributed by atoms with Gasteiger partial charge in [0, 0.05) is 30.8 Å². The number of halogens is 2. The van der Waals surface area contributed by atoms with Gasteiger partial charge in [-0.15, -0.1) is 16.8 Å². The molecule has 0 radical (unpaired) electrons. The summed E-state index contributed by atoms with van der Waals surface area (Å²) in [6.45, 7) is 8.89. The summed E-state index contributed by atoms with van der Waals surface area (Å²) in [6, 6.07) is 12.6. The summed E-state index contributed by atoms with van der Waals surface area (Å²) in [4.78, 5) is 24.8. The molecule has 0 atom stereocenters. The molecule has 0 saturated carbocycles.